The molecule has 27 heavy (non-hydrogen) atoms. The van der Waals surface area contributed by atoms with Crippen LogP contribution in [0.4, 0.5) is 11.4 Å². The van der Waals surface area contributed by atoms with Crippen LogP contribution in [0.15, 0.2) is 54.6 Å². The number of esters is 1. The molecule has 0 aromatic heterocycles. The van der Waals surface area contributed by atoms with Gasteiger partial charge in [-0.05, 0) is 36.4 Å². The molecule has 1 amide bonds. The van der Waals surface area contributed by atoms with Crippen molar-refractivity contribution in [3.8, 4) is 0 Å². The van der Waals surface area contributed by atoms with Crippen LogP contribution in [-0.2, 0) is 19.6 Å². The number of methoxy groups -OCH3 is 1. The third-order valence-corrected chi connectivity index (χ3v) is 5.22. The summed E-state index contributed by atoms with van der Waals surface area (Å²) in [6.45, 7) is -0.00753. The van der Waals surface area contributed by atoms with Gasteiger partial charge in [-0.25, -0.2) is 13.2 Å². The maximum atomic E-state index is 12.4. The molecule has 2 aromatic carbocycles. The number of carbonyl (C=O) groups excluding carboxylic acids is 2. The fourth-order valence-electron chi connectivity index (χ4n) is 2.53. The van der Waals surface area contributed by atoms with E-state index in [-0.39, 0.29) is 18.9 Å². The normalized spacial score (nSPS) is 10.9. The van der Waals surface area contributed by atoms with E-state index in [1.54, 1.807) is 19.2 Å². The van der Waals surface area contributed by atoms with Crippen LogP contribution in [0.5, 0.6) is 0 Å². The van der Waals surface area contributed by atoms with Gasteiger partial charge < -0.3 is 9.64 Å². The zero-order chi connectivity index (χ0) is 20.0. The number of hydrogen-bond acceptors (Lipinski definition) is 5. The second kappa shape index (κ2) is 8.68. The van der Waals surface area contributed by atoms with Gasteiger partial charge in [0, 0.05) is 25.7 Å². The molecule has 0 radical (unpaired) electrons. The van der Waals surface area contributed by atoms with Gasteiger partial charge in [0.2, 0.25) is 15.9 Å². The quantitative estimate of drug-likeness (QED) is 0.678. The lowest BCUT2D eigenvalue weighted by Crippen LogP contribution is -2.35. The Morgan fingerprint density at radius 1 is 0.963 bits per heavy atom. The van der Waals surface area contributed by atoms with Crippen molar-refractivity contribution in [3.05, 3.63) is 60.2 Å². The van der Waals surface area contributed by atoms with Crippen LogP contribution in [0.3, 0.4) is 0 Å². The molecule has 144 valence electrons. The molecule has 7 nitrogen and oxygen atoms in total. The molecule has 0 saturated heterocycles. The van der Waals surface area contributed by atoms with Crippen molar-refractivity contribution in [1.82, 2.24) is 0 Å². The highest BCUT2D eigenvalue weighted by Crippen LogP contribution is 2.20. The summed E-state index contributed by atoms with van der Waals surface area (Å²) in [6.07, 6.45) is 1.09. The lowest BCUT2D eigenvalue weighted by molar-refractivity contribution is -0.118. The van der Waals surface area contributed by atoms with Gasteiger partial charge in [-0.3, -0.25) is 9.10 Å². The first-order valence-corrected chi connectivity index (χ1v) is 10.1. The zero-order valence-electron chi connectivity index (χ0n) is 15.5. The smallest absolute Gasteiger partial charge is 0.337 e. The monoisotopic (exact) mass is 390 g/mol. The fourth-order valence-corrected chi connectivity index (χ4v) is 3.46. The van der Waals surface area contributed by atoms with Gasteiger partial charge in [0.25, 0.3) is 0 Å². The minimum absolute atomic E-state index is 0.00753. The standard InChI is InChI=1S/C19H22N2O5S/c1-20(16-7-5-4-6-8-16)18(22)13-14-21(27(3,24)25)17-11-9-15(10-12-17)19(23)26-2/h4-12H,13-14H2,1-3H3. The first-order chi connectivity index (χ1) is 12.7. The Bertz CT molecular complexity index is 895. The Kier molecular flexibility index (Phi) is 6.57. The molecular weight excluding hydrogens is 368 g/mol. The van der Waals surface area contributed by atoms with Gasteiger partial charge in [-0.2, -0.15) is 0 Å². The van der Waals surface area contributed by atoms with E-state index in [0.717, 1.165) is 16.2 Å². The minimum atomic E-state index is -3.60. The Morgan fingerprint density at radius 3 is 2.07 bits per heavy atom. The van der Waals surface area contributed by atoms with Crippen LogP contribution in [-0.4, -0.2) is 47.3 Å². The van der Waals surface area contributed by atoms with Crippen LogP contribution in [0.25, 0.3) is 0 Å². The summed E-state index contributed by atoms with van der Waals surface area (Å²) >= 11 is 0. The molecular formula is C19H22N2O5S. The van der Waals surface area contributed by atoms with Crippen molar-refractivity contribution in [1.29, 1.82) is 0 Å². The largest absolute Gasteiger partial charge is 0.465 e. The first-order valence-electron chi connectivity index (χ1n) is 8.21. The second-order valence-corrected chi connectivity index (χ2v) is 7.82. The van der Waals surface area contributed by atoms with E-state index in [4.69, 9.17) is 0 Å². The van der Waals surface area contributed by atoms with Crippen molar-refractivity contribution in [3.63, 3.8) is 0 Å². The van der Waals surface area contributed by atoms with E-state index in [9.17, 15) is 18.0 Å². The highest BCUT2D eigenvalue weighted by atomic mass is 32.2. The number of para-hydroxylation sites is 1. The molecule has 0 fully saturated rings. The highest BCUT2D eigenvalue weighted by molar-refractivity contribution is 7.92. The van der Waals surface area contributed by atoms with E-state index < -0.39 is 16.0 Å². The van der Waals surface area contributed by atoms with Crippen LogP contribution in [0, 0.1) is 0 Å². The number of amides is 1. The van der Waals surface area contributed by atoms with Gasteiger partial charge in [-0.1, -0.05) is 18.2 Å². The van der Waals surface area contributed by atoms with Crippen molar-refractivity contribution in [2.24, 2.45) is 0 Å². The Morgan fingerprint density at radius 2 is 1.56 bits per heavy atom. The number of nitrogens with zero attached hydrogens (tertiary/aromatic N) is 2. The third-order valence-electron chi connectivity index (χ3n) is 4.02. The van der Waals surface area contributed by atoms with E-state index >= 15 is 0 Å². The van der Waals surface area contributed by atoms with E-state index in [0.29, 0.717) is 11.3 Å². The summed E-state index contributed by atoms with van der Waals surface area (Å²) in [5.41, 5.74) is 1.42. The molecule has 0 heterocycles. The molecule has 0 atom stereocenters. The van der Waals surface area contributed by atoms with E-state index in [1.807, 2.05) is 18.2 Å². The van der Waals surface area contributed by atoms with Crippen LogP contribution >= 0.6 is 0 Å². The van der Waals surface area contributed by atoms with Gasteiger partial charge in [0.15, 0.2) is 0 Å². The van der Waals surface area contributed by atoms with Crippen molar-refractivity contribution >= 4 is 33.3 Å². The number of rotatable bonds is 7. The van der Waals surface area contributed by atoms with Gasteiger partial charge in [0.1, 0.15) is 0 Å². The molecule has 2 rings (SSSR count). The number of ether oxygens (including phenoxy) is 1. The van der Waals surface area contributed by atoms with E-state index in [2.05, 4.69) is 4.74 Å². The Labute approximate surface area is 159 Å². The Hall–Kier alpha value is -2.87. The summed E-state index contributed by atoms with van der Waals surface area (Å²) in [5.74, 6) is -0.715. The number of carbonyl (C=O) groups is 2. The lowest BCUT2D eigenvalue weighted by atomic mass is 10.2. The summed E-state index contributed by atoms with van der Waals surface area (Å²) < 4.78 is 30.1. The molecule has 0 saturated carbocycles. The number of sulfonamides is 1. The van der Waals surface area contributed by atoms with Gasteiger partial charge in [-0.15, -0.1) is 0 Å². The molecule has 0 spiro atoms. The third kappa shape index (κ3) is 5.30. The van der Waals surface area contributed by atoms with Crippen molar-refractivity contribution < 1.29 is 22.7 Å². The highest BCUT2D eigenvalue weighted by Gasteiger charge is 2.20. The minimum Gasteiger partial charge on any atom is -0.465 e. The summed E-state index contributed by atoms with van der Waals surface area (Å²) in [7, 11) is -0.678. The summed E-state index contributed by atoms with van der Waals surface area (Å²) in [4.78, 5) is 25.4. The predicted octanol–water partition coefficient (Wildman–Crippen LogP) is 2.29. The maximum Gasteiger partial charge on any atom is 0.337 e. The van der Waals surface area contributed by atoms with Crippen LogP contribution in [0.2, 0.25) is 0 Å². The van der Waals surface area contributed by atoms with Crippen molar-refractivity contribution in [2.45, 2.75) is 6.42 Å². The fraction of sp³-hybridized carbons (Fsp3) is 0.263. The zero-order valence-corrected chi connectivity index (χ0v) is 16.3. The maximum absolute atomic E-state index is 12.4. The average Bonchev–Trinajstić information content (AvgIpc) is 2.67. The first kappa shape index (κ1) is 20.4. The lowest BCUT2D eigenvalue weighted by Gasteiger charge is -2.24. The van der Waals surface area contributed by atoms with Crippen molar-refractivity contribution in [2.75, 3.05) is 36.2 Å². The van der Waals surface area contributed by atoms with E-state index in [1.165, 1.54) is 36.3 Å². The molecule has 0 bridgehead atoms. The second-order valence-electron chi connectivity index (χ2n) is 5.91. The number of anilines is 2. The molecule has 0 aliphatic heterocycles. The molecule has 0 aliphatic carbocycles. The average molecular weight is 390 g/mol. The topological polar surface area (TPSA) is 84.0 Å². The van der Waals surface area contributed by atoms with Crippen LogP contribution in [0.1, 0.15) is 16.8 Å². The SMILES string of the molecule is COC(=O)c1ccc(N(CCC(=O)N(C)c2ccccc2)S(C)(=O)=O)cc1. The molecule has 0 unspecified atom stereocenters. The molecule has 0 N–H and O–H groups in total. The van der Waals surface area contributed by atoms with Gasteiger partial charge >= 0.3 is 5.97 Å². The predicted molar refractivity (Wildman–Crippen MR) is 104 cm³/mol. The number of hydrogen-bond donors (Lipinski definition) is 0. The van der Waals surface area contributed by atoms with Gasteiger partial charge in [0.05, 0.1) is 24.6 Å². The Balaban J connectivity index is 2.14. The molecule has 0 aliphatic rings. The summed E-state index contributed by atoms with van der Waals surface area (Å²) in [5, 5.41) is 0. The molecule has 2 aromatic rings. The molecule has 8 heteroatoms. The van der Waals surface area contributed by atoms with Crippen LogP contribution < -0.4 is 9.21 Å². The number of benzene rings is 2. The summed E-state index contributed by atoms with van der Waals surface area (Å²) in [6, 6.07) is 15.1.